The van der Waals surface area contributed by atoms with Gasteiger partial charge in [0.05, 0.1) is 18.6 Å². The van der Waals surface area contributed by atoms with E-state index in [1.54, 1.807) is 19.1 Å². The first kappa shape index (κ1) is 16.0. The van der Waals surface area contributed by atoms with Crippen LogP contribution in [0.5, 0.6) is 0 Å². The van der Waals surface area contributed by atoms with Crippen LogP contribution in [0.25, 0.3) is 0 Å². The maximum Gasteiger partial charge on any atom is 0.227 e. The highest BCUT2D eigenvalue weighted by molar-refractivity contribution is 5.79. The Bertz CT molecular complexity index is 489. The number of aliphatic hydroxyl groups is 1. The van der Waals surface area contributed by atoms with E-state index < -0.39 is 6.10 Å². The highest BCUT2D eigenvalue weighted by atomic mass is 16.5. The number of aliphatic hydroxyl groups excluding tert-OH is 1. The second kappa shape index (κ2) is 7.05. The summed E-state index contributed by atoms with van der Waals surface area (Å²) in [5, 5.41) is 10.3. The van der Waals surface area contributed by atoms with Crippen LogP contribution in [-0.4, -0.2) is 48.3 Å². The Balaban J connectivity index is 2.03. The third-order valence-corrected chi connectivity index (χ3v) is 4.56. The van der Waals surface area contributed by atoms with Crippen LogP contribution < -0.4 is 0 Å². The first-order valence-electron chi connectivity index (χ1n) is 7.55. The van der Waals surface area contributed by atoms with Crippen LogP contribution in [0.1, 0.15) is 30.4 Å². The van der Waals surface area contributed by atoms with Crippen LogP contribution in [0.2, 0.25) is 0 Å². The van der Waals surface area contributed by atoms with Gasteiger partial charge >= 0.3 is 0 Å². The molecule has 1 aliphatic carbocycles. The van der Waals surface area contributed by atoms with E-state index in [4.69, 9.17) is 4.74 Å². The van der Waals surface area contributed by atoms with E-state index in [-0.39, 0.29) is 18.1 Å². The fourth-order valence-electron chi connectivity index (χ4n) is 3.08. The first-order chi connectivity index (χ1) is 10.0. The van der Waals surface area contributed by atoms with E-state index in [2.05, 4.69) is 0 Å². The Hall–Kier alpha value is -1.39. The molecular weight excluding hydrogens is 266 g/mol. The Morgan fingerprint density at radius 1 is 1.38 bits per heavy atom. The van der Waals surface area contributed by atoms with Gasteiger partial charge in [-0.3, -0.25) is 4.79 Å². The summed E-state index contributed by atoms with van der Waals surface area (Å²) in [4.78, 5) is 14.2. The number of carbonyl (C=O) groups is 1. The number of nitrogens with zero attached hydrogens (tertiary/aromatic N) is 1. The molecule has 1 amide bonds. The minimum absolute atomic E-state index is 0.0464. The molecule has 1 fully saturated rings. The molecule has 1 saturated carbocycles. The molecule has 2 rings (SSSR count). The van der Waals surface area contributed by atoms with Crippen LogP contribution in [0.15, 0.2) is 24.3 Å². The topological polar surface area (TPSA) is 49.8 Å². The third-order valence-electron chi connectivity index (χ3n) is 4.56. The Morgan fingerprint density at radius 2 is 2.10 bits per heavy atom. The molecule has 116 valence electrons. The summed E-state index contributed by atoms with van der Waals surface area (Å²) < 4.78 is 5.31. The molecule has 3 atom stereocenters. The van der Waals surface area contributed by atoms with Crippen molar-refractivity contribution in [3.8, 4) is 0 Å². The summed E-state index contributed by atoms with van der Waals surface area (Å²) in [6.07, 6.45) is 2.27. The van der Waals surface area contributed by atoms with Gasteiger partial charge in [0.15, 0.2) is 0 Å². The van der Waals surface area contributed by atoms with Crippen molar-refractivity contribution in [1.29, 1.82) is 0 Å². The molecule has 4 heteroatoms. The molecule has 0 spiro atoms. The SMILES string of the molecule is CO[C@@H]1CCC[C@@H](N(C)C(=O)Cc2ccccc2C)[C@H]1O. The maximum atomic E-state index is 12.5. The van der Waals surface area contributed by atoms with Gasteiger partial charge in [-0.2, -0.15) is 0 Å². The molecule has 0 aromatic heterocycles. The van der Waals surface area contributed by atoms with Gasteiger partial charge in [-0.15, -0.1) is 0 Å². The Kier molecular flexibility index (Phi) is 5.37. The molecule has 0 bridgehead atoms. The molecule has 1 N–H and O–H groups in total. The lowest BCUT2D eigenvalue weighted by Gasteiger charge is -2.39. The van der Waals surface area contributed by atoms with E-state index >= 15 is 0 Å². The number of methoxy groups -OCH3 is 1. The monoisotopic (exact) mass is 291 g/mol. The van der Waals surface area contributed by atoms with Crippen LogP contribution in [-0.2, 0) is 16.0 Å². The van der Waals surface area contributed by atoms with Crippen molar-refractivity contribution in [3.05, 3.63) is 35.4 Å². The smallest absolute Gasteiger partial charge is 0.227 e. The average Bonchev–Trinajstić information content (AvgIpc) is 2.49. The Labute approximate surface area is 126 Å². The van der Waals surface area contributed by atoms with Gasteiger partial charge in [0, 0.05) is 14.2 Å². The van der Waals surface area contributed by atoms with Crippen LogP contribution in [0.3, 0.4) is 0 Å². The lowest BCUT2D eigenvalue weighted by molar-refractivity contribution is -0.139. The summed E-state index contributed by atoms with van der Waals surface area (Å²) in [6, 6.07) is 7.77. The molecule has 0 heterocycles. The normalized spacial score (nSPS) is 25.6. The predicted octanol–water partition coefficient (Wildman–Crippen LogP) is 1.92. The number of likely N-dealkylation sites (N-methyl/N-ethyl adjacent to an activating group) is 1. The summed E-state index contributed by atoms with van der Waals surface area (Å²) in [6.45, 7) is 2.01. The molecule has 0 saturated heterocycles. The number of amides is 1. The van der Waals surface area contributed by atoms with Crippen molar-refractivity contribution in [2.24, 2.45) is 0 Å². The minimum Gasteiger partial charge on any atom is -0.388 e. The van der Waals surface area contributed by atoms with Gasteiger partial charge in [-0.25, -0.2) is 0 Å². The fourth-order valence-corrected chi connectivity index (χ4v) is 3.08. The number of benzene rings is 1. The van der Waals surface area contributed by atoms with Crippen LogP contribution >= 0.6 is 0 Å². The van der Waals surface area contributed by atoms with Gasteiger partial charge in [-0.1, -0.05) is 24.3 Å². The quantitative estimate of drug-likeness (QED) is 0.922. The largest absolute Gasteiger partial charge is 0.388 e. The molecule has 1 aromatic carbocycles. The Morgan fingerprint density at radius 3 is 2.76 bits per heavy atom. The van der Waals surface area contributed by atoms with Crippen molar-refractivity contribution in [3.63, 3.8) is 0 Å². The van der Waals surface area contributed by atoms with Crippen molar-refractivity contribution in [2.45, 2.75) is 50.9 Å². The van der Waals surface area contributed by atoms with Gasteiger partial charge in [0.1, 0.15) is 6.10 Å². The van der Waals surface area contributed by atoms with E-state index in [9.17, 15) is 9.90 Å². The summed E-state index contributed by atoms with van der Waals surface area (Å²) >= 11 is 0. The number of rotatable bonds is 4. The molecule has 4 nitrogen and oxygen atoms in total. The minimum atomic E-state index is -0.602. The highest BCUT2D eigenvalue weighted by Crippen LogP contribution is 2.25. The molecule has 0 aliphatic heterocycles. The van der Waals surface area contributed by atoms with Gasteiger partial charge in [0.25, 0.3) is 0 Å². The van der Waals surface area contributed by atoms with E-state index in [1.807, 2.05) is 31.2 Å². The zero-order chi connectivity index (χ0) is 15.4. The number of carbonyl (C=O) groups excluding carboxylic acids is 1. The molecule has 0 radical (unpaired) electrons. The molecule has 0 unspecified atom stereocenters. The lowest BCUT2D eigenvalue weighted by atomic mass is 9.88. The second-order valence-electron chi connectivity index (χ2n) is 5.87. The van der Waals surface area contributed by atoms with Crippen LogP contribution in [0.4, 0.5) is 0 Å². The van der Waals surface area contributed by atoms with Crippen molar-refractivity contribution < 1.29 is 14.6 Å². The zero-order valence-electron chi connectivity index (χ0n) is 13.1. The zero-order valence-corrected chi connectivity index (χ0v) is 13.1. The standard InChI is InChI=1S/C17H25NO3/c1-12-7-4-5-8-13(12)11-16(19)18(2)14-9-6-10-15(21-3)17(14)20/h4-5,7-8,14-15,17,20H,6,9-11H2,1-3H3/t14-,15-,17-/m1/s1. The van der Waals surface area contributed by atoms with Crippen molar-refractivity contribution >= 4 is 5.91 Å². The lowest BCUT2D eigenvalue weighted by Crippen LogP contribution is -2.52. The van der Waals surface area contributed by atoms with Crippen molar-refractivity contribution in [1.82, 2.24) is 4.90 Å². The number of aryl methyl sites for hydroxylation is 1. The predicted molar refractivity (Wildman–Crippen MR) is 82.1 cm³/mol. The van der Waals surface area contributed by atoms with E-state index in [0.717, 1.165) is 30.4 Å². The summed E-state index contributed by atoms with van der Waals surface area (Å²) in [7, 11) is 3.40. The molecule has 1 aromatic rings. The average molecular weight is 291 g/mol. The summed E-state index contributed by atoms with van der Waals surface area (Å²) in [5.41, 5.74) is 2.17. The number of hydrogen-bond donors (Lipinski definition) is 1. The van der Waals surface area contributed by atoms with Crippen molar-refractivity contribution in [2.75, 3.05) is 14.2 Å². The first-order valence-corrected chi connectivity index (χ1v) is 7.55. The van der Waals surface area contributed by atoms with Gasteiger partial charge < -0.3 is 14.7 Å². The van der Waals surface area contributed by atoms with Crippen LogP contribution in [0, 0.1) is 6.92 Å². The van der Waals surface area contributed by atoms with E-state index in [1.165, 1.54) is 0 Å². The fraction of sp³-hybridized carbons (Fsp3) is 0.588. The molecule has 21 heavy (non-hydrogen) atoms. The highest BCUT2D eigenvalue weighted by Gasteiger charge is 2.35. The molecule has 1 aliphatic rings. The van der Waals surface area contributed by atoms with Gasteiger partial charge in [-0.05, 0) is 37.3 Å². The molecular formula is C17H25NO3. The summed E-state index contributed by atoms with van der Waals surface area (Å²) in [5.74, 6) is 0.0464. The van der Waals surface area contributed by atoms with E-state index in [0.29, 0.717) is 6.42 Å². The third kappa shape index (κ3) is 3.63. The maximum absolute atomic E-state index is 12.5. The number of hydrogen-bond acceptors (Lipinski definition) is 3. The number of ether oxygens (including phenoxy) is 1. The second-order valence-corrected chi connectivity index (χ2v) is 5.87. The van der Waals surface area contributed by atoms with Gasteiger partial charge in [0.2, 0.25) is 5.91 Å².